The van der Waals surface area contributed by atoms with E-state index in [-0.39, 0.29) is 0 Å². The molecule has 98 valence electrons. The summed E-state index contributed by atoms with van der Waals surface area (Å²) in [5.41, 5.74) is 5.44. The summed E-state index contributed by atoms with van der Waals surface area (Å²) in [5, 5.41) is 1.13. The van der Waals surface area contributed by atoms with Crippen LogP contribution >= 0.6 is 0 Å². The van der Waals surface area contributed by atoms with E-state index in [4.69, 9.17) is 4.42 Å². The first-order valence-corrected chi connectivity index (χ1v) is 10.2. The van der Waals surface area contributed by atoms with E-state index >= 15 is 0 Å². The minimum atomic E-state index is -1.38. The van der Waals surface area contributed by atoms with Crippen LogP contribution in [-0.2, 0) is 6.42 Å². The molecule has 1 aromatic carbocycles. The SMILES string of the molecule is C=CCCc1oc2ccccc2c1C#C[Si](C)(C)C. The van der Waals surface area contributed by atoms with Gasteiger partial charge in [-0.2, -0.15) is 0 Å². The first-order chi connectivity index (χ1) is 9.01. The van der Waals surface area contributed by atoms with Crippen molar-refractivity contribution >= 4 is 19.0 Å². The minimum Gasteiger partial charge on any atom is -0.460 e. The Morgan fingerprint density at radius 3 is 2.68 bits per heavy atom. The van der Waals surface area contributed by atoms with Crippen LogP contribution in [0.1, 0.15) is 17.7 Å². The third kappa shape index (κ3) is 3.39. The van der Waals surface area contributed by atoms with Crippen molar-refractivity contribution in [2.75, 3.05) is 0 Å². The number of rotatable bonds is 3. The van der Waals surface area contributed by atoms with E-state index in [1.807, 2.05) is 24.3 Å². The Hall–Kier alpha value is -1.72. The molecule has 0 fully saturated rings. The Morgan fingerprint density at radius 2 is 2.00 bits per heavy atom. The van der Waals surface area contributed by atoms with Crippen molar-refractivity contribution in [3.63, 3.8) is 0 Å². The van der Waals surface area contributed by atoms with Gasteiger partial charge in [0.2, 0.25) is 0 Å². The lowest BCUT2D eigenvalue weighted by Gasteiger charge is -2.03. The number of hydrogen-bond acceptors (Lipinski definition) is 1. The molecule has 0 saturated carbocycles. The Kier molecular flexibility index (Phi) is 3.97. The van der Waals surface area contributed by atoms with Crippen molar-refractivity contribution < 1.29 is 4.42 Å². The molecular weight excluding hydrogens is 248 g/mol. The van der Waals surface area contributed by atoms with Crippen LogP contribution in [0.4, 0.5) is 0 Å². The van der Waals surface area contributed by atoms with Crippen LogP contribution in [0, 0.1) is 11.5 Å². The van der Waals surface area contributed by atoms with Gasteiger partial charge >= 0.3 is 0 Å². The quantitative estimate of drug-likeness (QED) is 0.443. The summed E-state index contributed by atoms with van der Waals surface area (Å²) < 4.78 is 5.93. The van der Waals surface area contributed by atoms with Crippen molar-refractivity contribution in [2.24, 2.45) is 0 Å². The van der Waals surface area contributed by atoms with Gasteiger partial charge in [0.25, 0.3) is 0 Å². The highest BCUT2D eigenvalue weighted by molar-refractivity contribution is 6.83. The van der Waals surface area contributed by atoms with Gasteiger partial charge in [-0.25, -0.2) is 0 Å². The van der Waals surface area contributed by atoms with Crippen LogP contribution in [0.3, 0.4) is 0 Å². The van der Waals surface area contributed by atoms with Crippen LogP contribution < -0.4 is 0 Å². The first-order valence-electron chi connectivity index (χ1n) is 6.66. The summed E-state index contributed by atoms with van der Waals surface area (Å²) in [6, 6.07) is 8.13. The molecule has 0 unspecified atom stereocenters. The number of furan rings is 1. The molecule has 0 saturated heterocycles. The number of aryl methyl sites for hydroxylation is 1. The van der Waals surface area contributed by atoms with Crippen molar-refractivity contribution in [3.8, 4) is 11.5 Å². The van der Waals surface area contributed by atoms with E-state index in [0.29, 0.717) is 0 Å². The van der Waals surface area contributed by atoms with E-state index in [9.17, 15) is 0 Å². The molecule has 2 heteroatoms. The van der Waals surface area contributed by atoms with Crippen LogP contribution in [0.2, 0.25) is 19.6 Å². The molecule has 1 aromatic heterocycles. The Morgan fingerprint density at radius 1 is 1.26 bits per heavy atom. The summed E-state index contributed by atoms with van der Waals surface area (Å²) in [6.45, 7) is 10.5. The molecule has 0 atom stereocenters. The molecule has 0 radical (unpaired) electrons. The number of hydrogen-bond donors (Lipinski definition) is 0. The van der Waals surface area contributed by atoms with Crippen molar-refractivity contribution in [1.29, 1.82) is 0 Å². The average molecular weight is 268 g/mol. The van der Waals surface area contributed by atoms with Crippen LogP contribution in [0.5, 0.6) is 0 Å². The normalized spacial score (nSPS) is 11.1. The lowest BCUT2D eigenvalue weighted by molar-refractivity contribution is 0.548. The molecule has 0 amide bonds. The van der Waals surface area contributed by atoms with Gasteiger partial charge in [-0.05, 0) is 18.6 Å². The second kappa shape index (κ2) is 5.50. The minimum absolute atomic E-state index is 0.869. The van der Waals surface area contributed by atoms with Gasteiger partial charge in [-0.15, -0.1) is 12.1 Å². The largest absolute Gasteiger partial charge is 0.460 e. The second-order valence-electron chi connectivity index (χ2n) is 5.72. The summed E-state index contributed by atoms with van der Waals surface area (Å²) in [7, 11) is -1.38. The van der Waals surface area contributed by atoms with Crippen LogP contribution in [-0.4, -0.2) is 8.07 Å². The van der Waals surface area contributed by atoms with Crippen LogP contribution in [0.15, 0.2) is 41.3 Å². The van der Waals surface area contributed by atoms with E-state index in [2.05, 4.69) is 43.8 Å². The Balaban J connectivity index is 2.53. The molecule has 1 heterocycles. The predicted molar refractivity (Wildman–Crippen MR) is 85.0 cm³/mol. The number of benzene rings is 1. The molecule has 0 aliphatic rings. The van der Waals surface area contributed by atoms with Crippen molar-refractivity contribution in [1.82, 2.24) is 0 Å². The fourth-order valence-electron chi connectivity index (χ4n) is 1.89. The molecule has 2 rings (SSSR count). The first kappa shape index (κ1) is 13.7. The lowest BCUT2D eigenvalue weighted by Crippen LogP contribution is -2.16. The highest BCUT2D eigenvalue weighted by Gasteiger charge is 2.13. The smallest absolute Gasteiger partial charge is 0.135 e. The summed E-state index contributed by atoms with van der Waals surface area (Å²) in [4.78, 5) is 0. The van der Waals surface area contributed by atoms with Crippen LogP contribution in [0.25, 0.3) is 11.0 Å². The lowest BCUT2D eigenvalue weighted by atomic mass is 10.1. The number of para-hydroxylation sites is 1. The fraction of sp³-hybridized carbons (Fsp3) is 0.294. The van der Waals surface area contributed by atoms with Gasteiger partial charge in [0, 0.05) is 11.8 Å². The highest BCUT2D eigenvalue weighted by atomic mass is 28.3. The molecule has 0 aliphatic heterocycles. The molecule has 0 N–H and O–H groups in total. The third-order valence-corrected chi connectivity index (χ3v) is 3.68. The highest BCUT2D eigenvalue weighted by Crippen LogP contribution is 2.26. The number of fused-ring (bicyclic) bond motifs is 1. The molecule has 0 aliphatic carbocycles. The topological polar surface area (TPSA) is 13.1 Å². The molecule has 0 bridgehead atoms. The summed E-state index contributed by atoms with van der Waals surface area (Å²) >= 11 is 0. The van der Waals surface area contributed by atoms with Gasteiger partial charge in [0.1, 0.15) is 19.4 Å². The Bertz CT molecular complexity index is 647. The fourth-order valence-corrected chi connectivity index (χ4v) is 2.39. The molecule has 2 aromatic rings. The van der Waals surface area contributed by atoms with E-state index < -0.39 is 8.07 Å². The maximum Gasteiger partial charge on any atom is 0.135 e. The van der Waals surface area contributed by atoms with E-state index in [1.54, 1.807) is 0 Å². The van der Waals surface area contributed by atoms with Gasteiger partial charge in [0.15, 0.2) is 0 Å². The summed E-state index contributed by atoms with van der Waals surface area (Å²) in [5.74, 6) is 4.36. The average Bonchev–Trinajstić information content (AvgIpc) is 2.70. The molecule has 19 heavy (non-hydrogen) atoms. The molecule has 0 spiro atoms. The zero-order valence-corrected chi connectivity index (χ0v) is 12.9. The molecule has 1 nitrogen and oxygen atoms in total. The Labute approximate surface area is 116 Å². The monoisotopic (exact) mass is 268 g/mol. The standard InChI is InChI=1S/C17H20OSi/c1-5-6-10-16-15(12-13-19(2,3)4)14-9-7-8-11-17(14)18-16/h5,7-9,11H,1,6,10H2,2-4H3. The number of allylic oxidation sites excluding steroid dienone is 1. The van der Waals surface area contributed by atoms with Crippen molar-refractivity contribution in [2.45, 2.75) is 32.5 Å². The van der Waals surface area contributed by atoms with Crippen molar-refractivity contribution in [3.05, 3.63) is 48.2 Å². The van der Waals surface area contributed by atoms with Gasteiger partial charge < -0.3 is 4.42 Å². The second-order valence-corrected chi connectivity index (χ2v) is 10.5. The maximum absolute atomic E-state index is 5.93. The third-order valence-electron chi connectivity index (χ3n) is 2.81. The van der Waals surface area contributed by atoms with Gasteiger partial charge in [-0.1, -0.05) is 43.8 Å². The van der Waals surface area contributed by atoms with E-state index in [1.165, 1.54) is 0 Å². The summed E-state index contributed by atoms with van der Waals surface area (Å²) in [6.07, 6.45) is 3.71. The zero-order chi connectivity index (χ0) is 13.9. The van der Waals surface area contributed by atoms with Gasteiger partial charge in [-0.3, -0.25) is 0 Å². The molecular formula is C17H20OSi. The predicted octanol–water partition coefficient (Wildman–Crippen LogP) is 4.78. The van der Waals surface area contributed by atoms with E-state index in [0.717, 1.165) is 35.1 Å². The maximum atomic E-state index is 5.93. The van der Waals surface area contributed by atoms with Gasteiger partial charge in [0.05, 0.1) is 5.56 Å². The zero-order valence-electron chi connectivity index (χ0n) is 11.9.